The van der Waals surface area contributed by atoms with Crippen molar-refractivity contribution in [2.24, 2.45) is 0 Å². The van der Waals surface area contributed by atoms with Crippen molar-refractivity contribution in [2.75, 3.05) is 32.1 Å². The molecule has 0 radical (unpaired) electrons. The molecule has 0 aliphatic carbocycles. The number of aromatic nitrogens is 1. The van der Waals surface area contributed by atoms with Crippen LogP contribution in [0.1, 0.15) is 5.56 Å². The van der Waals surface area contributed by atoms with Crippen molar-refractivity contribution in [3.63, 3.8) is 0 Å². The minimum Gasteiger partial charge on any atom is -0.390 e. The molecule has 0 bridgehead atoms. The Hall–Kier alpha value is -2.27. The van der Waals surface area contributed by atoms with Crippen molar-refractivity contribution in [1.82, 2.24) is 9.88 Å². The number of aliphatic hydroxyl groups excluding tert-OH is 1. The molecule has 1 aromatic carbocycles. The number of nitrogens with zero attached hydrogens (tertiary/aromatic N) is 2. The molecular formula is C20H22FN3O4S2. The number of H-pyrrole nitrogens is 1. The number of aromatic amines is 1. The van der Waals surface area contributed by atoms with Crippen molar-refractivity contribution in [2.45, 2.75) is 22.1 Å². The number of anilines is 1. The van der Waals surface area contributed by atoms with Gasteiger partial charge in [0.2, 0.25) is 0 Å². The van der Waals surface area contributed by atoms with E-state index in [2.05, 4.69) is 4.98 Å². The lowest BCUT2D eigenvalue weighted by molar-refractivity contribution is 0.114. The molecule has 0 saturated carbocycles. The zero-order valence-corrected chi connectivity index (χ0v) is 18.1. The summed E-state index contributed by atoms with van der Waals surface area (Å²) in [5.41, 5.74) is -0.439. The fraction of sp³-hybridized carbons (Fsp3) is 0.350. The van der Waals surface area contributed by atoms with Crippen molar-refractivity contribution < 1.29 is 17.9 Å². The zero-order valence-electron chi connectivity index (χ0n) is 16.5. The lowest BCUT2D eigenvalue weighted by Crippen LogP contribution is -2.37. The number of aliphatic hydroxyl groups is 1. The Balaban J connectivity index is 1.60. The summed E-state index contributed by atoms with van der Waals surface area (Å²) in [7, 11) is -0.0153. The number of pyridine rings is 1. The van der Waals surface area contributed by atoms with E-state index in [1.165, 1.54) is 24.4 Å². The van der Waals surface area contributed by atoms with E-state index in [0.29, 0.717) is 18.5 Å². The Morgan fingerprint density at radius 2 is 2.03 bits per heavy atom. The molecule has 7 nitrogen and oxygen atoms in total. The predicted molar refractivity (Wildman–Crippen MR) is 115 cm³/mol. The second kappa shape index (κ2) is 7.77. The fourth-order valence-electron chi connectivity index (χ4n) is 3.74. The maximum absolute atomic E-state index is 14.5. The third kappa shape index (κ3) is 3.87. The average molecular weight is 452 g/mol. The molecule has 0 amide bonds. The summed E-state index contributed by atoms with van der Waals surface area (Å²) in [6.07, 6.45) is 0.899. The van der Waals surface area contributed by atoms with Crippen LogP contribution in [0.3, 0.4) is 0 Å². The number of nitrogens with one attached hydrogen (secondary N) is 1. The van der Waals surface area contributed by atoms with E-state index in [1.807, 2.05) is 23.9 Å². The largest absolute Gasteiger partial charge is 0.390 e. The van der Waals surface area contributed by atoms with Gasteiger partial charge in [0.05, 0.1) is 22.9 Å². The molecule has 30 heavy (non-hydrogen) atoms. The number of benzene rings is 1. The summed E-state index contributed by atoms with van der Waals surface area (Å²) < 4.78 is 40.5. The van der Waals surface area contributed by atoms with E-state index in [9.17, 15) is 22.7 Å². The number of sulfone groups is 1. The van der Waals surface area contributed by atoms with Crippen LogP contribution in [0.2, 0.25) is 0 Å². The van der Waals surface area contributed by atoms with Crippen molar-refractivity contribution in [3.8, 4) is 0 Å². The van der Waals surface area contributed by atoms with Crippen LogP contribution in [0, 0.1) is 5.82 Å². The van der Waals surface area contributed by atoms with Crippen LogP contribution in [0.25, 0.3) is 10.8 Å². The predicted octanol–water partition coefficient (Wildman–Crippen LogP) is 1.81. The van der Waals surface area contributed by atoms with Gasteiger partial charge in [-0.25, -0.2) is 12.8 Å². The van der Waals surface area contributed by atoms with Gasteiger partial charge < -0.3 is 19.9 Å². The second-order valence-electron chi connectivity index (χ2n) is 7.69. The number of likely N-dealkylation sites (N-methyl/N-ethyl adjacent to an activating group) is 1. The van der Waals surface area contributed by atoms with Crippen molar-refractivity contribution in [3.05, 3.63) is 58.3 Å². The van der Waals surface area contributed by atoms with Gasteiger partial charge in [-0.1, -0.05) is 0 Å². The molecular weight excluding hydrogens is 429 g/mol. The highest BCUT2D eigenvalue weighted by atomic mass is 32.2. The number of hydrogen-bond acceptors (Lipinski definition) is 7. The Bertz CT molecular complexity index is 1250. The summed E-state index contributed by atoms with van der Waals surface area (Å²) in [5, 5.41) is 11.6. The van der Waals surface area contributed by atoms with Crippen LogP contribution >= 0.6 is 11.3 Å². The van der Waals surface area contributed by atoms with E-state index < -0.39 is 33.1 Å². The van der Waals surface area contributed by atoms with Crippen LogP contribution in [0.4, 0.5) is 9.39 Å². The van der Waals surface area contributed by atoms with Gasteiger partial charge in [0.1, 0.15) is 10.0 Å². The fourth-order valence-corrected chi connectivity index (χ4v) is 6.49. The van der Waals surface area contributed by atoms with E-state index in [1.54, 1.807) is 12.1 Å². The Labute approximate surface area is 177 Å². The first-order valence-electron chi connectivity index (χ1n) is 9.37. The standard InChI is InChI=1S/C20H22FN3O4S2/c1-23(2)16-9-24(10-17(16)25)18-3-4-19(29-18)30(27,28)11-13-7-14-12(8-15(13)21)5-6-22-20(14)26/h3-8,16-17,25H,9-11H2,1-2H3,(H,22,26)/t16-,17-/m0/s1. The first-order chi connectivity index (χ1) is 14.2. The summed E-state index contributed by atoms with van der Waals surface area (Å²) in [6.45, 7) is 1.02. The molecule has 2 atom stereocenters. The molecule has 1 fully saturated rings. The first kappa shape index (κ1) is 21.0. The maximum Gasteiger partial charge on any atom is 0.255 e. The Morgan fingerprint density at radius 3 is 2.73 bits per heavy atom. The van der Waals surface area contributed by atoms with E-state index in [0.717, 1.165) is 16.3 Å². The molecule has 10 heteroatoms. The molecule has 4 rings (SSSR count). The smallest absolute Gasteiger partial charge is 0.255 e. The van der Waals surface area contributed by atoms with E-state index in [4.69, 9.17) is 0 Å². The highest BCUT2D eigenvalue weighted by Crippen LogP contribution is 2.34. The summed E-state index contributed by atoms with van der Waals surface area (Å²) in [6, 6.07) is 7.24. The van der Waals surface area contributed by atoms with Gasteiger partial charge in [-0.3, -0.25) is 4.79 Å². The molecule has 0 unspecified atom stereocenters. The second-order valence-corrected chi connectivity index (χ2v) is 11.0. The van der Waals surface area contributed by atoms with Gasteiger partial charge in [-0.2, -0.15) is 0 Å². The molecule has 1 saturated heterocycles. The quantitative estimate of drug-likeness (QED) is 0.615. The first-order valence-corrected chi connectivity index (χ1v) is 11.8. The van der Waals surface area contributed by atoms with Crippen LogP contribution in [-0.2, 0) is 15.6 Å². The number of hydrogen-bond donors (Lipinski definition) is 2. The molecule has 1 aliphatic rings. The number of halogens is 1. The van der Waals surface area contributed by atoms with Crippen LogP contribution < -0.4 is 10.5 Å². The molecule has 160 valence electrons. The van der Waals surface area contributed by atoms with E-state index >= 15 is 0 Å². The summed E-state index contributed by atoms with van der Waals surface area (Å²) in [4.78, 5) is 18.4. The highest BCUT2D eigenvalue weighted by molar-refractivity contribution is 7.92. The number of thiophene rings is 1. The van der Waals surface area contributed by atoms with Crippen LogP contribution in [-0.4, -0.2) is 62.7 Å². The molecule has 3 heterocycles. The van der Waals surface area contributed by atoms with Gasteiger partial charge in [0, 0.05) is 30.2 Å². The van der Waals surface area contributed by atoms with Gasteiger partial charge in [0.15, 0.2) is 9.84 Å². The monoisotopic (exact) mass is 451 g/mol. The molecule has 0 spiro atoms. The Kier molecular flexibility index (Phi) is 5.43. The lowest BCUT2D eigenvalue weighted by Gasteiger charge is -2.21. The number of rotatable bonds is 5. The van der Waals surface area contributed by atoms with Crippen LogP contribution in [0.5, 0.6) is 0 Å². The average Bonchev–Trinajstić information content (AvgIpc) is 3.30. The van der Waals surface area contributed by atoms with Crippen molar-refractivity contribution >= 4 is 36.9 Å². The summed E-state index contributed by atoms with van der Waals surface area (Å²) >= 11 is 1.10. The topological polar surface area (TPSA) is 93.7 Å². The molecule has 2 aromatic heterocycles. The lowest BCUT2D eigenvalue weighted by atomic mass is 10.1. The molecule has 2 N–H and O–H groups in total. The summed E-state index contributed by atoms with van der Waals surface area (Å²) in [5.74, 6) is -1.20. The zero-order chi connectivity index (χ0) is 21.6. The van der Waals surface area contributed by atoms with Gasteiger partial charge in [-0.05, 0) is 49.8 Å². The molecule has 3 aromatic rings. The van der Waals surface area contributed by atoms with Crippen LogP contribution in [0.15, 0.2) is 45.5 Å². The number of fused-ring (bicyclic) bond motifs is 1. The highest BCUT2D eigenvalue weighted by Gasteiger charge is 2.34. The molecule has 1 aliphatic heterocycles. The third-order valence-corrected chi connectivity index (χ3v) is 8.79. The minimum absolute atomic E-state index is 0.0306. The maximum atomic E-state index is 14.5. The van der Waals surface area contributed by atoms with Gasteiger partial charge in [0.25, 0.3) is 5.56 Å². The SMILES string of the molecule is CN(C)[C@H]1CN(c2ccc(S(=O)(=O)Cc3cc4c(=O)[nH]ccc4cc3F)s2)C[C@@H]1O. The third-order valence-electron chi connectivity index (χ3n) is 5.39. The van der Waals surface area contributed by atoms with Crippen molar-refractivity contribution in [1.29, 1.82) is 0 Å². The Morgan fingerprint density at radius 1 is 1.27 bits per heavy atom. The van der Waals surface area contributed by atoms with E-state index in [-0.39, 0.29) is 21.2 Å². The minimum atomic E-state index is -3.80. The van der Waals surface area contributed by atoms with Gasteiger partial charge in [-0.15, -0.1) is 11.3 Å². The van der Waals surface area contributed by atoms with Gasteiger partial charge >= 0.3 is 0 Å². The number of β-amino-alcohol motifs (C(OH)–C–C–N with tert-alkyl or cyclic N) is 1. The normalized spacial score (nSPS) is 19.8.